The highest BCUT2D eigenvalue weighted by Crippen LogP contribution is 2.20. The first kappa shape index (κ1) is 14.3. The number of hydrogen-bond donors (Lipinski definition) is 2. The minimum atomic E-state index is -0.226. The highest BCUT2D eigenvalue weighted by atomic mass is 35.5. The van der Waals surface area contributed by atoms with Gasteiger partial charge in [-0.25, -0.2) is 0 Å². The van der Waals surface area contributed by atoms with Crippen molar-refractivity contribution in [2.45, 2.75) is 13.3 Å². The number of nitrogens with one attached hydrogen (secondary N) is 1. The van der Waals surface area contributed by atoms with Crippen molar-refractivity contribution in [2.24, 2.45) is 5.92 Å². The van der Waals surface area contributed by atoms with Crippen LogP contribution in [0.2, 0.25) is 10.0 Å². The Morgan fingerprint density at radius 1 is 1.47 bits per heavy atom. The molecule has 0 spiro atoms. The lowest BCUT2D eigenvalue weighted by Gasteiger charge is -2.11. The monoisotopic (exact) mass is 275 g/mol. The fraction of sp³-hybridized carbons (Fsp3) is 0.417. The van der Waals surface area contributed by atoms with Crippen LogP contribution in [0.15, 0.2) is 18.2 Å². The molecular weight excluding hydrogens is 261 g/mol. The number of amides is 1. The van der Waals surface area contributed by atoms with E-state index in [0.29, 0.717) is 28.6 Å². The molecule has 0 heterocycles. The van der Waals surface area contributed by atoms with Crippen molar-refractivity contribution < 1.29 is 9.90 Å². The van der Waals surface area contributed by atoms with Gasteiger partial charge in [0.25, 0.3) is 5.91 Å². The number of carbonyl (C=O) groups is 1. The van der Waals surface area contributed by atoms with E-state index in [2.05, 4.69) is 5.32 Å². The van der Waals surface area contributed by atoms with Gasteiger partial charge in [-0.15, -0.1) is 0 Å². The van der Waals surface area contributed by atoms with Crippen LogP contribution in [-0.2, 0) is 0 Å². The molecule has 1 aromatic carbocycles. The minimum absolute atomic E-state index is 0.124. The summed E-state index contributed by atoms with van der Waals surface area (Å²) in [7, 11) is 0. The molecule has 17 heavy (non-hydrogen) atoms. The van der Waals surface area contributed by atoms with Crippen molar-refractivity contribution in [1.82, 2.24) is 5.32 Å². The van der Waals surface area contributed by atoms with Crippen LogP contribution < -0.4 is 5.32 Å². The average Bonchev–Trinajstić information content (AvgIpc) is 2.26. The Balaban J connectivity index is 2.58. The van der Waals surface area contributed by atoms with E-state index < -0.39 is 0 Å². The van der Waals surface area contributed by atoms with E-state index in [4.69, 9.17) is 28.3 Å². The SMILES string of the molecule is CC(CCO)CNC(=O)c1ccc(Cl)cc1Cl. The maximum Gasteiger partial charge on any atom is 0.252 e. The van der Waals surface area contributed by atoms with Gasteiger partial charge in [0.15, 0.2) is 0 Å². The van der Waals surface area contributed by atoms with Crippen molar-refractivity contribution in [3.63, 3.8) is 0 Å². The lowest BCUT2D eigenvalue weighted by molar-refractivity contribution is 0.0945. The molecule has 0 saturated heterocycles. The third-order valence-electron chi connectivity index (χ3n) is 2.41. The predicted molar refractivity (Wildman–Crippen MR) is 69.7 cm³/mol. The number of aliphatic hydroxyl groups excluding tert-OH is 1. The molecule has 0 saturated carbocycles. The van der Waals surface area contributed by atoms with E-state index in [1.807, 2.05) is 6.92 Å². The van der Waals surface area contributed by atoms with E-state index in [-0.39, 0.29) is 18.4 Å². The molecule has 0 bridgehead atoms. The van der Waals surface area contributed by atoms with Crippen LogP contribution in [0.5, 0.6) is 0 Å². The van der Waals surface area contributed by atoms with Gasteiger partial charge in [-0.1, -0.05) is 30.1 Å². The molecule has 3 nitrogen and oxygen atoms in total. The highest BCUT2D eigenvalue weighted by molar-refractivity contribution is 6.36. The second-order valence-corrected chi connectivity index (χ2v) is 4.80. The number of benzene rings is 1. The second-order valence-electron chi connectivity index (χ2n) is 3.95. The molecule has 0 aromatic heterocycles. The standard InChI is InChI=1S/C12H15Cl2NO2/c1-8(4-5-16)7-15-12(17)10-3-2-9(13)6-11(10)14/h2-3,6,8,16H,4-5,7H2,1H3,(H,15,17). The minimum Gasteiger partial charge on any atom is -0.396 e. The quantitative estimate of drug-likeness (QED) is 0.868. The van der Waals surface area contributed by atoms with Gasteiger partial charge >= 0.3 is 0 Å². The summed E-state index contributed by atoms with van der Waals surface area (Å²) in [5, 5.41) is 12.3. The van der Waals surface area contributed by atoms with E-state index in [9.17, 15) is 4.79 Å². The van der Waals surface area contributed by atoms with Crippen LogP contribution in [0.4, 0.5) is 0 Å². The van der Waals surface area contributed by atoms with Gasteiger partial charge in [-0.3, -0.25) is 4.79 Å². The van der Waals surface area contributed by atoms with Gasteiger partial charge in [0, 0.05) is 18.2 Å². The van der Waals surface area contributed by atoms with Gasteiger partial charge in [0.05, 0.1) is 10.6 Å². The summed E-state index contributed by atoms with van der Waals surface area (Å²) in [4.78, 5) is 11.8. The van der Waals surface area contributed by atoms with Crippen LogP contribution in [-0.4, -0.2) is 24.2 Å². The molecule has 1 rings (SSSR count). The Morgan fingerprint density at radius 3 is 2.76 bits per heavy atom. The molecule has 0 aliphatic heterocycles. The maximum atomic E-state index is 11.8. The van der Waals surface area contributed by atoms with Crippen LogP contribution in [0.3, 0.4) is 0 Å². The van der Waals surface area contributed by atoms with Gasteiger partial charge in [-0.05, 0) is 30.5 Å². The first-order chi connectivity index (χ1) is 8.04. The lowest BCUT2D eigenvalue weighted by atomic mass is 10.1. The number of hydrogen-bond acceptors (Lipinski definition) is 2. The van der Waals surface area contributed by atoms with Crippen LogP contribution >= 0.6 is 23.2 Å². The summed E-state index contributed by atoms with van der Waals surface area (Å²) in [5.41, 5.74) is 0.410. The zero-order valence-electron chi connectivity index (χ0n) is 9.54. The molecule has 94 valence electrons. The summed E-state index contributed by atoms with van der Waals surface area (Å²) < 4.78 is 0. The van der Waals surface area contributed by atoms with Crippen molar-refractivity contribution in [2.75, 3.05) is 13.2 Å². The number of aliphatic hydroxyl groups is 1. The Hall–Kier alpha value is -0.770. The Bertz CT molecular complexity index is 396. The van der Waals surface area contributed by atoms with E-state index in [0.717, 1.165) is 0 Å². The molecule has 0 fully saturated rings. The zero-order valence-corrected chi connectivity index (χ0v) is 11.1. The van der Waals surface area contributed by atoms with Crippen molar-refractivity contribution >= 4 is 29.1 Å². The lowest BCUT2D eigenvalue weighted by Crippen LogP contribution is -2.28. The van der Waals surface area contributed by atoms with Gasteiger partial charge in [0.1, 0.15) is 0 Å². The van der Waals surface area contributed by atoms with Crippen molar-refractivity contribution in [1.29, 1.82) is 0 Å². The highest BCUT2D eigenvalue weighted by Gasteiger charge is 2.11. The summed E-state index contributed by atoms with van der Waals surface area (Å²) >= 11 is 11.7. The van der Waals surface area contributed by atoms with Crippen LogP contribution in [0, 0.1) is 5.92 Å². The Labute approximate surface area is 111 Å². The van der Waals surface area contributed by atoms with E-state index >= 15 is 0 Å². The second kappa shape index (κ2) is 6.84. The molecule has 0 aliphatic carbocycles. The summed E-state index contributed by atoms with van der Waals surface area (Å²) in [6.07, 6.45) is 0.661. The number of rotatable bonds is 5. The molecule has 0 radical (unpaired) electrons. The number of carbonyl (C=O) groups excluding carboxylic acids is 1. The molecule has 1 atom stereocenters. The van der Waals surface area contributed by atoms with Crippen molar-refractivity contribution in [3.8, 4) is 0 Å². The summed E-state index contributed by atoms with van der Waals surface area (Å²) in [5.74, 6) is 0.00600. The Kier molecular flexibility index (Phi) is 5.75. The Morgan fingerprint density at radius 2 is 2.18 bits per heavy atom. The van der Waals surface area contributed by atoms with Crippen LogP contribution in [0.1, 0.15) is 23.7 Å². The first-order valence-corrected chi connectivity index (χ1v) is 6.14. The summed E-state index contributed by atoms with van der Waals surface area (Å²) in [6, 6.07) is 4.76. The largest absolute Gasteiger partial charge is 0.396 e. The van der Waals surface area contributed by atoms with Crippen molar-refractivity contribution in [3.05, 3.63) is 33.8 Å². The van der Waals surface area contributed by atoms with Gasteiger partial charge < -0.3 is 10.4 Å². The molecule has 1 aromatic rings. The summed E-state index contributed by atoms with van der Waals surface area (Å²) in [6.45, 7) is 2.59. The molecule has 1 unspecified atom stereocenters. The van der Waals surface area contributed by atoms with Crippen LogP contribution in [0.25, 0.3) is 0 Å². The normalized spacial score (nSPS) is 12.2. The average molecular weight is 276 g/mol. The zero-order chi connectivity index (χ0) is 12.8. The fourth-order valence-electron chi connectivity index (χ4n) is 1.36. The topological polar surface area (TPSA) is 49.3 Å². The van der Waals surface area contributed by atoms with E-state index in [1.54, 1.807) is 12.1 Å². The van der Waals surface area contributed by atoms with Gasteiger partial charge in [0.2, 0.25) is 0 Å². The maximum absolute atomic E-state index is 11.8. The first-order valence-electron chi connectivity index (χ1n) is 5.38. The van der Waals surface area contributed by atoms with E-state index in [1.165, 1.54) is 6.07 Å². The van der Waals surface area contributed by atoms with Gasteiger partial charge in [-0.2, -0.15) is 0 Å². The molecule has 5 heteroatoms. The third-order valence-corrected chi connectivity index (χ3v) is 2.96. The number of halogens is 2. The molecule has 0 aliphatic rings. The molecular formula is C12H15Cl2NO2. The molecule has 1 amide bonds. The fourth-order valence-corrected chi connectivity index (χ4v) is 1.85. The molecule has 2 N–H and O–H groups in total. The third kappa shape index (κ3) is 4.54. The smallest absolute Gasteiger partial charge is 0.252 e. The predicted octanol–water partition coefficient (Wildman–Crippen LogP) is 2.74.